The van der Waals surface area contributed by atoms with Gasteiger partial charge in [0.1, 0.15) is 6.61 Å². The van der Waals surface area contributed by atoms with Crippen molar-refractivity contribution >= 4 is 11.8 Å². The van der Waals surface area contributed by atoms with Gasteiger partial charge in [0.25, 0.3) is 0 Å². The molecule has 5 heteroatoms. The molecule has 0 saturated carbocycles. The third-order valence-electron chi connectivity index (χ3n) is 2.03. The highest BCUT2D eigenvalue weighted by Crippen LogP contribution is 2.05. The van der Waals surface area contributed by atoms with Crippen LogP contribution in [0.4, 0.5) is 5.82 Å². The molecule has 0 fully saturated rings. The molecule has 1 aromatic rings. The van der Waals surface area contributed by atoms with Crippen LogP contribution in [0.2, 0.25) is 0 Å². The summed E-state index contributed by atoms with van der Waals surface area (Å²) in [6.07, 6.45) is 4.67. The summed E-state index contributed by atoms with van der Waals surface area (Å²) in [7, 11) is 3.72. The van der Waals surface area contributed by atoms with Crippen LogP contribution in [0.3, 0.4) is 0 Å². The van der Waals surface area contributed by atoms with E-state index in [4.69, 9.17) is 4.74 Å². The van der Waals surface area contributed by atoms with E-state index in [2.05, 4.69) is 10.2 Å². The molecule has 92 valence electrons. The van der Waals surface area contributed by atoms with Crippen molar-refractivity contribution in [1.82, 2.24) is 10.2 Å². The van der Waals surface area contributed by atoms with Gasteiger partial charge >= 0.3 is 5.97 Å². The Hall–Kier alpha value is -1.91. The molecular formula is C12H17N3O2. The van der Waals surface area contributed by atoms with Gasteiger partial charge in [-0.3, -0.25) is 0 Å². The summed E-state index contributed by atoms with van der Waals surface area (Å²) in [6, 6.07) is 3.33. The fraction of sp³-hybridized carbons (Fsp3) is 0.417. The van der Waals surface area contributed by atoms with Crippen molar-refractivity contribution in [3.8, 4) is 0 Å². The zero-order chi connectivity index (χ0) is 12.7. The summed E-state index contributed by atoms with van der Waals surface area (Å²) in [6.45, 7) is 2.29. The average Bonchev–Trinajstić information content (AvgIpc) is 2.34. The molecule has 0 unspecified atom stereocenters. The minimum absolute atomic E-state index is 0.223. The number of allylic oxidation sites excluding steroid dienone is 1. The second-order valence-corrected chi connectivity index (χ2v) is 3.65. The lowest BCUT2D eigenvalue weighted by atomic mass is 10.4. The van der Waals surface area contributed by atoms with Crippen LogP contribution < -0.4 is 4.90 Å². The first kappa shape index (κ1) is 13.2. The van der Waals surface area contributed by atoms with Crippen LogP contribution in [0, 0.1) is 0 Å². The number of hydrogen-bond acceptors (Lipinski definition) is 5. The van der Waals surface area contributed by atoms with Gasteiger partial charge in [0, 0.05) is 14.1 Å². The summed E-state index contributed by atoms with van der Waals surface area (Å²) in [5.74, 6) is 0.246. The number of anilines is 1. The summed E-state index contributed by atoms with van der Waals surface area (Å²) in [5, 5.41) is 7.71. The van der Waals surface area contributed by atoms with E-state index in [0.717, 1.165) is 6.42 Å². The minimum Gasteiger partial charge on any atom is -0.457 e. The van der Waals surface area contributed by atoms with Crippen molar-refractivity contribution in [2.75, 3.05) is 25.6 Å². The maximum Gasteiger partial charge on any atom is 0.359 e. The summed E-state index contributed by atoms with van der Waals surface area (Å²) >= 11 is 0. The Balaban J connectivity index is 2.55. The van der Waals surface area contributed by atoms with E-state index < -0.39 is 5.97 Å². The summed E-state index contributed by atoms with van der Waals surface area (Å²) in [4.78, 5) is 13.3. The smallest absolute Gasteiger partial charge is 0.359 e. The van der Waals surface area contributed by atoms with E-state index >= 15 is 0 Å². The van der Waals surface area contributed by atoms with Gasteiger partial charge in [-0.25, -0.2) is 4.79 Å². The SMILES string of the molecule is CC/C=C\COC(=O)c1ccc(N(C)C)nn1. The van der Waals surface area contributed by atoms with E-state index in [1.54, 1.807) is 18.2 Å². The molecule has 0 N–H and O–H groups in total. The van der Waals surface area contributed by atoms with E-state index in [0.29, 0.717) is 5.82 Å². The van der Waals surface area contributed by atoms with Crippen molar-refractivity contribution in [3.05, 3.63) is 30.0 Å². The van der Waals surface area contributed by atoms with Crippen LogP contribution >= 0.6 is 0 Å². The molecule has 1 heterocycles. The number of ether oxygens (including phenoxy) is 1. The largest absolute Gasteiger partial charge is 0.457 e. The maximum absolute atomic E-state index is 11.5. The third kappa shape index (κ3) is 4.22. The fourth-order valence-electron chi connectivity index (χ4n) is 1.11. The van der Waals surface area contributed by atoms with Crippen LogP contribution in [-0.4, -0.2) is 36.9 Å². The number of carbonyl (C=O) groups excluding carboxylic acids is 1. The van der Waals surface area contributed by atoms with Crippen molar-refractivity contribution in [2.24, 2.45) is 0 Å². The van der Waals surface area contributed by atoms with Crippen LogP contribution in [0.5, 0.6) is 0 Å². The zero-order valence-electron chi connectivity index (χ0n) is 10.4. The molecular weight excluding hydrogens is 218 g/mol. The lowest BCUT2D eigenvalue weighted by Gasteiger charge is -2.09. The molecule has 0 aliphatic carbocycles. The van der Waals surface area contributed by atoms with Crippen LogP contribution in [-0.2, 0) is 4.74 Å². The third-order valence-corrected chi connectivity index (χ3v) is 2.03. The van der Waals surface area contributed by atoms with Gasteiger partial charge in [0.15, 0.2) is 11.5 Å². The summed E-state index contributed by atoms with van der Waals surface area (Å²) < 4.78 is 4.99. The predicted molar refractivity (Wildman–Crippen MR) is 66.1 cm³/mol. The highest BCUT2D eigenvalue weighted by atomic mass is 16.5. The van der Waals surface area contributed by atoms with Gasteiger partial charge in [-0.05, 0) is 18.6 Å². The first-order valence-electron chi connectivity index (χ1n) is 5.48. The van der Waals surface area contributed by atoms with E-state index in [9.17, 15) is 4.79 Å². The number of carbonyl (C=O) groups is 1. The Kier molecular flexibility index (Phi) is 5.13. The molecule has 0 saturated heterocycles. The van der Waals surface area contributed by atoms with Gasteiger partial charge in [0.05, 0.1) is 0 Å². The predicted octanol–water partition coefficient (Wildman–Crippen LogP) is 1.67. The fourth-order valence-corrected chi connectivity index (χ4v) is 1.11. The molecule has 0 atom stereocenters. The van der Waals surface area contributed by atoms with Gasteiger partial charge in [0.2, 0.25) is 0 Å². The lowest BCUT2D eigenvalue weighted by Crippen LogP contribution is -2.14. The van der Waals surface area contributed by atoms with Crippen LogP contribution in [0.1, 0.15) is 23.8 Å². The van der Waals surface area contributed by atoms with E-state index in [1.807, 2.05) is 32.0 Å². The summed E-state index contributed by atoms with van der Waals surface area (Å²) in [5.41, 5.74) is 0.223. The quantitative estimate of drug-likeness (QED) is 0.574. The monoisotopic (exact) mass is 235 g/mol. The maximum atomic E-state index is 11.5. The number of aromatic nitrogens is 2. The van der Waals surface area contributed by atoms with E-state index in [-0.39, 0.29) is 12.3 Å². The molecule has 0 radical (unpaired) electrons. The first-order chi connectivity index (χ1) is 8.15. The Morgan fingerprint density at radius 3 is 2.65 bits per heavy atom. The highest BCUT2D eigenvalue weighted by molar-refractivity contribution is 5.87. The number of rotatable bonds is 5. The van der Waals surface area contributed by atoms with Gasteiger partial charge in [-0.2, -0.15) is 0 Å². The second kappa shape index (κ2) is 6.62. The number of hydrogen-bond donors (Lipinski definition) is 0. The molecule has 1 rings (SSSR count). The zero-order valence-corrected chi connectivity index (χ0v) is 10.4. The molecule has 0 spiro atoms. The molecule has 0 aliphatic heterocycles. The Bertz CT molecular complexity index is 385. The van der Waals surface area contributed by atoms with Gasteiger partial charge in [-0.1, -0.05) is 19.1 Å². The Morgan fingerprint density at radius 2 is 2.12 bits per heavy atom. The van der Waals surface area contributed by atoms with Crippen molar-refractivity contribution < 1.29 is 9.53 Å². The normalized spacial score (nSPS) is 10.5. The van der Waals surface area contributed by atoms with Crippen molar-refractivity contribution in [1.29, 1.82) is 0 Å². The molecule has 5 nitrogen and oxygen atoms in total. The minimum atomic E-state index is -0.455. The highest BCUT2D eigenvalue weighted by Gasteiger charge is 2.09. The number of esters is 1. The standard InChI is InChI=1S/C12H17N3O2/c1-4-5-6-9-17-12(16)10-7-8-11(14-13-10)15(2)3/h5-8H,4,9H2,1-3H3/b6-5-. The second-order valence-electron chi connectivity index (χ2n) is 3.65. The molecule has 0 bridgehead atoms. The van der Waals surface area contributed by atoms with E-state index in [1.165, 1.54) is 0 Å². The molecule has 0 amide bonds. The van der Waals surface area contributed by atoms with Crippen LogP contribution in [0.25, 0.3) is 0 Å². The molecule has 0 aliphatic rings. The Labute approximate surface area is 101 Å². The van der Waals surface area contributed by atoms with Crippen LogP contribution in [0.15, 0.2) is 24.3 Å². The lowest BCUT2D eigenvalue weighted by molar-refractivity contribution is 0.0541. The topological polar surface area (TPSA) is 55.3 Å². The number of nitrogens with zero attached hydrogens (tertiary/aromatic N) is 3. The van der Waals surface area contributed by atoms with Crippen molar-refractivity contribution in [3.63, 3.8) is 0 Å². The first-order valence-corrected chi connectivity index (χ1v) is 5.48. The molecule has 17 heavy (non-hydrogen) atoms. The van der Waals surface area contributed by atoms with Gasteiger partial charge < -0.3 is 9.64 Å². The van der Waals surface area contributed by atoms with Gasteiger partial charge in [-0.15, -0.1) is 10.2 Å². The van der Waals surface area contributed by atoms with Crippen molar-refractivity contribution in [2.45, 2.75) is 13.3 Å². The average molecular weight is 235 g/mol. The molecule has 0 aromatic carbocycles. The Morgan fingerprint density at radius 1 is 1.35 bits per heavy atom. The molecule has 1 aromatic heterocycles.